The maximum Gasteiger partial charge on any atom is 0.262 e. The molecule has 1 aromatic carbocycles. The molecule has 0 aliphatic carbocycles. The van der Waals surface area contributed by atoms with Gasteiger partial charge in [0.1, 0.15) is 5.75 Å². The van der Waals surface area contributed by atoms with Crippen LogP contribution in [0.1, 0.15) is 12.5 Å². The Morgan fingerprint density at radius 1 is 1.50 bits per heavy atom. The maximum atomic E-state index is 11.8. The Bertz CT molecular complexity index is 421. The van der Waals surface area contributed by atoms with Crippen molar-refractivity contribution in [3.05, 3.63) is 28.2 Å². The van der Waals surface area contributed by atoms with E-state index in [0.29, 0.717) is 12.3 Å². The van der Waals surface area contributed by atoms with E-state index in [9.17, 15) is 4.79 Å². The number of rotatable bonds is 5. The van der Waals surface area contributed by atoms with Gasteiger partial charge in [0, 0.05) is 14.1 Å². The number of halogens is 1. The Kier molecular flexibility index (Phi) is 5.62. The van der Waals surface area contributed by atoms with E-state index in [1.165, 1.54) is 4.90 Å². The molecule has 0 aliphatic heterocycles. The number of amides is 1. The normalized spacial score (nSPS) is 12.1. The molecule has 0 saturated heterocycles. The monoisotopic (exact) mass is 314 g/mol. The van der Waals surface area contributed by atoms with Crippen LogP contribution in [0.25, 0.3) is 0 Å². The number of carbonyl (C=O) groups excluding carboxylic acids is 1. The molecule has 4 nitrogen and oxygen atoms in total. The van der Waals surface area contributed by atoms with Gasteiger partial charge >= 0.3 is 0 Å². The summed E-state index contributed by atoms with van der Waals surface area (Å²) in [5.74, 6) is 0.634. The molecule has 1 aromatic rings. The minimum Gasteiger partial charge on any atom is -0.479 e. The first kappa shape index (κ1) is 15.0. The molecule has 0 heterocycles. The van der Waals surface area contributed by atoms with Crippen molar-refractivity contribution in [2.24, 2.45) is 5.73 Å². The quantitative estimate of drug-likeness (QED) is 0.901. The number of para-hydroxylation sites is 1. The number of ether oxygens (including phenoxy) is 1. The molecule has 0 bridgehead atoms. The van der Waals surface area contributed by atoms with Gasteiger partial charge in [-0.2, -0.15) is 0 Å². The lowest BCUT2D eigenvalue weighted by Gasteiger charge is -2.20. The number of hydrogen-bond donors (Lipinski definition) is 1. The summed E-state index contributed by atoms with van der Waals surface area (Å²) in [4.78, 5) is 13.3. The van der Waals surface area contributed by atoms with Gasteiger partial charge in [0.05, 0.1) is 4.47 Å². The zero-order valence-corrected chi connectivity index (χ0v) is 12.5. The zero-order chi connectivity index (χ0) is 13.7. The van der Waals surface area contributed by atoms with Crippen LogP contribution in [-0.4, -0.2) is 37.6 Å². The summed E-state index contributed by atoms with van der Waals surface area (Å²) < 4.78 is 6.60. The summed E-state index contributed by atoms with van der Waals surface area (Å²) >= 11 is 3.44. The second-order valence-electron chi connectivity index (χ2n) is 4.26. The summed E-state index contributed by atoms with van der Waals surface area (Å²) in [5.41, 5.74) is 6.58. The van der Waals surface area contributed by atoms with E-state index in [0.717, 1.165) is 16.5 Å². The molecule has 0 aromatic heterocycles. The number of nitrogens with two attached hydrogens (primary N) is 1. The summed E-state index contributed by atoms with van der Waals surface area (Å²) in [6.07, 6.45) is 0.202. The highest BCUT2D eigenvalue weighted by molar-refractivity contribution is 9.10. The standard InChI is InChI=1S/C13H19BrN2O2/c1-9(13(17)16(2)3)18-12-10(7-8-15)5-4-6-11(12)14/h4-6,9H,7-8,15H2,1-3H3. The van der Waals surface area contributed by atoms with Crippen LogP contribution in [-0.2, 0) is 11.2 Å². The van der Waals surface area contributed by atoms with Gasteiger partial charge < -0.3 is 15.4 Å². The molecule has 0 saturated carbocycles. The maximum absolute atomic E-state index is 11.8. The summed E-state index contributed by atoms with van der Waals surface area (Å²) in [5, 5.41) is 0. The predicted octanol–water partition coefficient (Wildman–Crippen LogP) is 1.81. The summed E-state index contributed by atoms with van der Waals surface area (Å²) in [6, 6.07) is 5.78. The Hall–Kier alpha value is -1.07. The Balaban J connectivity index is 2.92. The van der Waals surface area contributed by atoms with Gasteiger partial charge in [0.2, 0.25) is 0 Å². The van der Waals surface area contributed by atoms with Gasteiger partial charge in [-0.25, -0.2) is 0 Å². The number of carbonyl (C=O) groups is 1. The average molecular weight is 315 g/mol. The lowest BCUT2D eigenvalue weighted by atomic mass is 10.1. The van der Waals surface area contributed by atoms with Crippen molar-refractivity contribution in [1.29, 1.82) is 0 Å². The van der Waals surface area contributed by atoms with Crippen molar-refractivity contribution < 1.29 is 9.53 Å². The number of nitrogens with zero attached hydrogens (tertiary/aromatic N) is 1. The average Bonchev–Trinajstić information content (AvgIpc) is 2.32. The molecule has 2 N–H and O–H groups in total. The molecule has 1 rings (SSSR count). The first-order valence-corrected chi connectivity index (χ1v) is 6.62. The van der Waals surface area contributed by atoms with E-state index in [-0.39, 0.29) is 5.91 Å². The van der Waals surface area contributed by atoms with E-state index in [1.54, 1.807) is 21.0 Å². The van der Waals surface area contributed by atoms with Crippen LogP contribution < -0.4 is 10.5 Å². The lowest BCUT2D eigenvalue weighted by Crippen LogP contribution is -2.35. The number of benzene rings is 1. The van der Waals surface area contributed by atoms with Crippen LogP contribution in [0.3, 0.4) is 0 Å². The fraction of sp³-hybridized carbons (Fsp3) is 0.462. The first-order valence-electron chi connectivity index (χ1n) is 5.82. The van der Waals surface area contributed by atoms with Crippen LogP contribution in [0.2, 0.25) is 0 Å². The zero-order valence-electron chi connectivity index (χ0n) is 10.9. The third kappa shape index (κ3) is 3.71. The van der Waals surface area contributed by atoms with Gasteiger partial charge in [0.15, 0.2) is 6.10 Å². The highest BCUT2D eigenvalue weighted by Gasteiger charge is 2.19. The van der Waals surface area contributed by atoms with Gasteiger partial charge in [-0.1, -0.05) is 12.1 Å². The highest BCUT2D eigenvalue weighted by Crippen LogP contribution is 2.30. The molecular formula is C13H19BrN2O2. The van der Waals surface area contributed by atoms with E-state index in [4.69, 9.17) is 10.5 Å². The summed E-state index contributed by atoms with van der Waals surface area (Å²) in [7, 11) is 3.42. The van der Waals surface area contributed by atoms with Gasteiger partial charge in [-0.15, -0.1) is 0 Å². The third-order valence-electron chi connectivity index (χ3n) is 2.55. The van der Waals surface area contributed by atoms with Crippen molar-refractivity contribution in [3.8, 4) is 5.75 Å². The minimum absolute atomic E-state index is 0.0653. The molecule has 0 fully saturated rings. The van der Waals surface area contributed by atoms with Crippen LogP contribution in [0.15, 0.2) is 22.7 Å². The Morgan fingerprint density at radius 2 is 2.17 bits per heavy atom. The molecule has 0 radical (unpaired) electrons. The molecule has 1 atom stereocenters. The lowest BCUT2D eigenvalue weighted by molar-refractivity contribution is -0.135. The molecule has 0 spiro atoms. The molecule has 100 valence electrons. The highest BCUT2D eigenvalue weighted by atomic mass is 79.9. The summed E-state index contributed by atoms with van der Waals surface area (Å²) in [6.45, 7) is 2.29. The molecule has 1 unspecified atom stereocenters. The minimum atomic E-state index is -0.518. The van der Waals surface area contributed by atoms with Gasteiger partial charge in [-0.05, 0) is 47.4 Å². The van der Waals surface area contributed by atoms with Crippen molar-refractivity contribution in [2.75, 3.05) is 20.6 Å². The molecule has 0 aliphatic rings. The SMILES string of the molecule is CC(Oc1c(Br)cccc1CCN)C(=O)N(C)C. The smallest absolute Gasteiger partial charge is 0.262 e. The van der Waals surface area contributed by atoms with E-state index in [2.05, 4.69) is 15.9 Å². The molecular weight excluding hydrogens is 296 g/mol. The number of likely N-dealkylation sites (N-methyl/N-ethyl adjacent to an activating group) is 1. The van der Waals surface area contributed by atoms with Crippen LogP contribution in [0, 0.1) is 0 Å². The van der Waals surface area contributed by atoms with Gasteiger partial charge in [0.25, 0.3) is 5.91 Å². The van der Waals surface area contributed by atoms with E-state index >= 15 is 0 Å². The largest absolute Gasteiger partial charge is 0.479 e. The second-order valence-corrected chi connectivity index (χ2v) is 5.11. The fourth-order valence-electron chi connectivity index (χ4n) is 1.63. The van der Waals surface area contributed by atoms with Crippen molar-refractivity contribution in [2.45, 2.75) is 19.4 Å². The van der Waals surface area contributed by atoms with Crippen LogP contribution in [0.5, 0.6) is 5.75 Å². The molecule has 1 amide bonds. The third-order valence-corrected chi connectivity index (χ3v) is 3.17. The van der Waals surface area contributed by atoms with E-state index < -0.39 is 6.10 Å². The first-order chi connectivity index (χ1) is 8.47. The van der Waals surface area contributed by atoms with Gasteiger partial charge in [-0.3, -0.25) is 4.79 Å². The molecule has 5 heteroatoms. The Morgan fingerprint density at radius 3 is 2.72 bits per heavy atom. The number of hydrogen-bond acceptors (Lipinski definition) is 3. The Labute approximate surface area is 116 Å². The predicted molar refractivity (Wildman–Crippen MR) is 75.7 cm³/mol. The van der Waals surface area contributed by atoms with Crippen molar-refractivity contribution in [3.63, 3.8) is 0 Å². The topological polar surface area (TPSA) is 55.6 Å². The van der Waals surface area contributed by atoms with Crippen LogP contribution in [0.4, 0.5) is 0 Å². The fourth-order valence-corrected chi connectivity index (χ4v) is 2.13. The molecule has 18 heavy (non-hydrogen) atoms. The van der Waals surface area contributed by atoms with Crippen molar-refractivity contribution in [1.82, 2.24) is 4.90 Å². The van der Waals surface area contributed by atoms with Crippen LogP contribution >= 0.6 is 15.9 Å². The second kappa shape index (κ2) is 6.75. The van der Waals surface area contributed by atoms with Crippen molar-refractivity contribution >= 4 is 21.8 Å². The van der Waals surface area contributed by atoms with E-state index in [1.807, 2.05) is 18.2 Å².